The Balaban J connectivity index is 2.40. The van der Waals surface area contributed by atoms with Crippen LogP contribution in [-0.2, 0) is 5.41 Å². The molecule has 1 aliphatic rings. The zero-order valence-electron chi connectivity index (χ0n) is 9.10. The van der Waals surface area contributed by atoms with Gasteiger partial charge < -0.3 is 0 Å². The van der Waals surface area contributed by atoms with Crippen molar-refractivity contribution in [2.45, 2.75) is 44.9 Å². The van der Waals surface area contributed by atoms with Crippen molar-refractivity contribution in [3.63, 3.8) is 0 Å². The molecule has 0 aliphatic heterocycles. The molecule has 0 aromatic heterocycles. The minimum absolute atomic E-state index is 0.230. The topological polar surface area (TPSA) is 0 Å². The summed E-state index contributed by atoms with van der Waals surface area (Å²) < 4.78 is 0. The maximum atomic E-state index is 6.18. The molecule has 1 aromatic carbocycles. The highest BCUT2D eigenvalue weighted by atomic mass is 35.5. The predicted octanol–water partition coefficient (Wildman–Crippen LogP) is 4.51. The molecule has 76 valence electrons. The molecule has 0 heterocycles. The summed E-state index contributed by atoms with van der Waals surface area (Å²) in [7, 11) is 0. The first-order valence-corrected chi connectivity index (χ1v) is 5.66. The molecule has 1 heteroatoms. The summed E-state index contributed by atoms with van der Waals surface area (Å²) in [6.07, 6.45) is 2.63. The zero-order valence-corrected chi connectivity index (χ0v) is 9.86. The Bertz CT molecular complexity index is 343. The van der Waals surface area contributed by atoms with Gasteiger partial charge in [-0.2, -0.15) is 0 Å². The Morgan fingerprint density at radius 3 is 2.36 bits per heavy atom. The molecule has 1 aliphatic carbocycles. The first-order chi connectivity index (χ1) is 6.48. The molecule has 0 nitrogen and oxygen atoms in total. The summed E-state index contributed by atoms with van der Waals surface area (Å²) in [6, 6.07) is 6.49. The highest BCUT2D eigenvalue weighted by Crippen LogP contribution is 2.44. The van der Waals surface area contributed by atoms with E-state index in [-0.39, 0.29) is 5.41 Å². The predicted molar refractivity (Wildman–Crippen MR) is 62.1 cm³/mol. The molecule has 0 N–H and O–H groups in total. The molecule has 0 bridgehead atoms. The summed E-state index contributed by atoms with van der Waals surface area (Å²) in [6.45, 7) is 6.73. The van der Waals surface area contributed by atoms with Gasteiger partial charge in [-0.15, -0.1) is 0 Å². The Morgan fingerprint density at radius 2 is 1.86 bits per heavy atom. The van der Waals surface area contributed by atoms with Crippen LogP contribution >= 0.6 is 11.6 Å². The second kappa shape index (κ2) is 3.27. The molecule has 1 fully saturated rings. The maximum Gasteiger partial charge on any atom is 0.0441 e. The van der Waals surface area contributed by atoms with Crippen LogP contribution in [-0.4, -0.2) is 0 Å². The lowest BCUT2D eigenvalue weighted by atomic mass is 9.86. The minimum Gasteiger partial charge on any atom is -0.0840 e. The molecule has 0 spiro atoms. The SMILES string of the molecule is CC(C)(C)c1ccc(Cl)c(C2CC2)c1. The molecule has 0 radical (unpaired) electrons. The van der Waals surface area contributed by atoms with E-state index in [1.54, 1.807) is 0 Å². The number of benzene rings is 1. The number of hydrogen-bond donors (Lipinski definition) is 0. The van der Waals surface area contributed by atoms with Crippen LogP contribution in [0.15, 0.2) is 18.2 Å². The van der Waals surface area contributed by atoms with E-state index in [2.05, 4.69) is 39.0 Å². The highest BCUT2D eigenvalue weighted by molar-refractivity contribution is 6.31. The van der Waals surface area contributed by atoms with Gasteiger partial charge in [0.2, 0.25) is 0 Å². The fourth-order valence-electron chi connectivity index (χ4n) is 1.72. The molecule has 1 saturated carbocycles. The fourth-order valence-corrected chi connectivity index (χ4v) is 1.99. The summed E-state index contributed by atoms with van der Waals surface area (Å²) in [4.78, 5) is 0. The van der Waals surface area contributed by atoms with Crippen molar-refractivity contribution < 1.29 is 0 Å². The van der Waals surface area contributed by atoms with Crippen LogP contribution in [0.25, 0.3) is 0 Å². The Labute approximate surface area is 91.3 Å². The molecule has 14 heavy (non-hydrogen) atoms. The van der Waals surface area contributed by atoms with Gasteiger partial charge in [-0.3, -0.25) is 0 Å². The second-order valence-electron chi connectivity index (χ2n) is 5.26. The van der Waals surface area contributed by atoms with Crippen molar-refractivity contribution in [1.29, 1.82) is 0 Å². The van der Waals surface area contributed by atoms with E-state index in [9.17, 15) is 0 Å². The van der Waals surface area contributed by atoms with E-state index < -0.39 is 0 Å². The Kier molecular flexibility index (Phi) is 2.35. The van der Waals surface area contributed by atoms with E-state index in [4.69, 9.17) is 11.6 Å². The summed E-state index contributed by atoms with van der Waals surface area (Å²) in [5.74, 6) is 0.741. The average molecular weight is 209 g/mol. The normalized spacial score (nSPS) is 17.1. The summed E-state index contributed by atoms with van der Waals surface area (Å²) in [5, 5.41) is 0.945. The maximum absolute atomic E-state index is 6.18. The van der Waals surface area contributed by atoms with E-state index in [1.807, 2.05) is 0 Å². The van der Waals surface area contributed by atoms with Crippen molar-refractivity contribution in [1.82, 2.24) is 0 Å². The molecule has 1 aromatic rings. The lowest BCUT2D eigenvalue weighted by Crippen LogP contribution is -2.11. The van der Waals surface area contributed by atoms with Crippen LogP contribution in [0.2, 0.25) is 5.02 Å². The Hall–Kier alpha value is -0.490. The summed E-state index contributed by atoms with van der Waals surface area (Å²) >= 11 is 6.18. The first-order valence-electron chi connectivity index (χ1n) is 5.28. The van der Waals surface area contributed by atoms with Crippen LogP contribution in [0.5, 0.6) is 0 Å². The number of rotatable bonds is 1. The van der Waals surface area contributed by atoms with Crippen LogP contribution in [0, 0.1) is 0 Å². The smallest absolute Gasteiger partial charge is 0.0441 e. The van der Waals surface area contributed by atoms with Crippen molar-refractivity contribution in [3.8, 4) is 0 Å². The molecule has 0 amide bonds. The van der Waals surface area contributed by atoms with Crippen LogP contribution in [0.3, 0.4) is 0 Å². The van der Waals surface area contributed by atoms with Gasteiger partial charge in [0, 0.05) is 5.02 Å². The standard InChI is InChI=1S/C13H17Cl/c1-13(2,3)10-6-7-12(14)11(8-10)9-4-5-9/h6-9H,4-5H2,1-3H3. The van der Waals surface area contributed by atoms with Crippen LogP contribution in [0.1, 0.15) is 50.7 Å². The van der Waals surface area contributed by atoms with Gasteiger partial charge in [0.15, 0.2) is 0 Å². The monoisotopic (exact) mass is 208 g/mol. The van der Waals surface area contributed by atoms with Crippen molar-refractivity contribution in [3.05, 3.63) is 34.3 Å². The third-order valence-corrected chi connectivity index (χ3v) is 3.22. The van der Waals surface area contributed by atoms with Gasteiger partial charge in [-0.05, 0) is 41.4 Å². The third-order valence-electron chi connectivity index (χ3n) is 2.88. The lowest BCUT2D eigenvalue weighted by Gasteiger charge is -2.20. The molecule has 0 atom stereocenters. The zero-order chi connectivity index (χ0) is 10.3. The number of halogens is 1. The third kappa shape index (κ3) is 1.95. The van der Waals surface area contributed by atoms with Crippen molar-refractivity contribution in [2.75, 3.05) is 0 Å². The summed E-state index contributed by atoms with van der Waals surface area (Å²) in [5.41, 5.74) is 2.98. The molecule has 0 unspecified atom stereocenters. The van der Waals surface area contributed by atoms with Crippen LogP contribution in [0.4, 0.5) is 0 Å². The van der Waals surface area contributed by atoms with E-state index >= 15 is 0 Å². The van der Waals surface area contributed by atoms with Gasteiger partial charge in [0.1, 0.15) is 0 Å². The van der Waals surface area contributed by atoms with Gasteiger partial charge in [0.25, 0.3) is 0 Å². The van der Waals surface area contributed by atoms with Crippen molar-refractivity contribution in [2.24, 2.45) is 0 Å². The van der Waals surface area contributed by atoms with E-state index in [0.29, 0.717) is 0 Å². The van der Waals surface area contributed by atoms with E-state index in [0.717, 1.165) is 10.9 Å². The van der Waals surface area contributed by atoms with Gasteiger partial charge in [-0.25, -0.2) is 0 Å². The first kappa shape index (κ1) is 10.0. The molecule has 2 rings (SSSR count). The number of hydrogen-bond acceptors (Lipinski definition) is 0. The minimum atomic E-state index is 0.230. The second-order valence-corrected chi connectivity index (χ2v) is 5.67. The van der Waals surface area contributed by atoms with E-state index in [1.165, 1.54) is 24.0 Å². The molecule has 0 saturated heterocycles. The molecular weight excluding hydrogens is 192 g/mol. The Morgan fingerprint density at radius 1 is 1.21 bits per heavy atom. The largest absolute Gasteiger partial charge is 0.0840 e. The van der Waals surface area contributed by atoms with Gasteiger partial charge in [-0.1, -0.05) is 44.5 Å². The highest BCUT2D eigenvalue weighted by Gasteiger charge is 2.27. The van der Waals surface area contributed by atoms with Gasteiger partial charge >= 0.3 is 0 Å². The van der Waals surface area contributed by atoms with Crippen molar-refractivity contribution >= 4 is 11.6 Å². The fraction of sp³-hybridized carbons (Fsp3) is 0.538. The quantitative estimate of drug-likeness (QED) is 0.637. The lowest BCUT2D eigenvalue weighted by molar-refractivity contribution is 0.589. The average Bonchev–Trinajstić information content (AvgIpc) is 2.85. The van der Waals surface area contributed by atoms with Gasteiger partial charge in [0.05, 0.1) is 0 Å². The van der Waals surface area contributed by atoms with Crippen LogP contribution < -0.4 is 0 Å². The molecular formula is C13H17Cl.